The minimum atomic E-state index is -0.384. The van der Waals surface area contributed by atoms with Crippen molar-refractivity contribution in [2.75, 3.05) is 39.4 Å². The van der Waals surface area contributed by atoms with Gasteiger partial charge in [0.1, 0.15) is 0 Å². The number of morpholine rings is 1. The van der Waals surface area contributed by atoms with Gasteiger partial charge in [0, 0.05) is 25.7 Å². The van der Waals surface area contributed by atoms with Gasteiger partial charge in [-0.25, -0.2) is 0 Å². The molecule has 2 heterocycles. The first-order valence-electron chi connectivity index (χ1n) is 9.05. The number of carbonyl (C=O) groups is 2. The van der Waals surface area contributed by atoms with Crippen LogP contribution in [0.3, 0.4) is 0 Å². The normalized spacial score (nSPS) is 16.6. The Labute approximate surface area is 149 Å². The molecule has 0 aromatic carbocycles. The van der Waals surface area contributed by atoms with Gasteiger partial charge in [0.15, 0.2) is 5.76 Å². The average molecular weight is 351 g/mol. The molecule has 1 aliphatic heterocycles. The largest absolute Gasteiger partial charge is 0.459 e. The van der Waals surface area contributed by atoms with Gasteiger partial charge in [0.25, 0.3) is 5.91 Å². The molecule has 0 saturated carbocycles. The number of amides is 2. The summed E-state index contributed by atoms with van der Waals surface area (Å²) in [4.78, 5) is 26.3. The Kier molecular flexibility index (Phi) is 7.94. The predicted molar refractivity (Wildman–Crippen MR) is 94.3 cm³/mol. The molecule has 2 amide bonds. The number of hydrogen-bond donors (Lipinski definition) is 2. The topological polar surface area (TPSA) is 83.8 Å². The first-order chi connectivity index (χ1) is 12.2. The molecule has 7 nitrogen and oxygen atoms in total. The molecular weight excluding hydrogens is 322 g/mol. The van der Waals surface area contributed by atoms with Gasteiger partial charge in [0.05, 0.1) is 26.0 Å². The van der Waals surface area contributed by atoms with Crippen LogP contribution in [0.15, 0.2) is 22.8 Å². The maximum atomic E-state index is 12.1. The van der Waals surface area contributed by atoms with Crippen LogP contribution in [0.25, 0.3) is 0 Å². The summed E-state index contributed by atoms with van der Waals surface area (Å²) < 4.78 is 10.4. The van der Waals surface area contributed by atoms with Crippen LogP contribution in [0, 0.1) is 5.92 Å². The fourth-order valence-corrected chi connectivity index (χ4v) is 3.27. The van der Waals surface area contributed by atoms with Crippen molar-refractivity contribution in [3.05, 3.63) is 24.2 Å². The zero-order valence-corrected chi connectivity index (χ0v) is 15.1. The SMILES string of the molecule is CCC(CC)[C@@H](CNC(=O)CNC(=O)c1ccco1)N1CCOCC1. The highest BCUT2D eigenvalue weighted by atomic mass is 16.5. The summed E-state index contributed by atoms with van der Waals surface area (Å²) in [5.41, 5.74) is 0. The zero-order valence-electron chi connectivity index (χ0n) is 15.1. The molecule has 0 radical (unpaired) electrons. The van der Waals surface area contributed by atoms with E-state index in [0.717, 1.165) is 39.1 Å². The molecule has 140 valence electrons. The summed E-state index contributed by atoms with van der Waals surface area (Å²) >= 11 is 0. The number of carbonyl (C=O) groups excluding carboxylic acids is 2. The fourth-order valence-electron chi connectivity index (χ4n) is 3.27. The van der Waals surface area contributed by atoms with Crippen LogP contribution in [-0.4, -0.2) is 62.1 Å². The number of ether oxygens (including phenoxy) is 1. The van der Waals surface area contributed by atoms with Gasteiger partial charge >= 0.3 is 0 Å². The maximum absolute atomic E-state index is 12.1. The Morgan fingerprint density at radius 2 is 1.92 bits per heavy atom. The molecule has 2 N–H and O–H groups in total. The Morgan fingerprint density at radius 1 is 1.20 bits per heavy atom. The molecular formula is C18H29N3O4. The van der Waals surface area contributed by atoms with E-state index < -0.39 is 0 Å². The van der Waals surface area contributed by atoms with E-state index in [4.69, 9.17) is 9.15 Å². The van der Waals surface area contributed by atoms with Crippen LogP contribution >= 0.6 is 0 Å². The van der Waals surface area contributed by atoms with Gasteiger partial charge < -0.3 is 19.8 Å². The molecule has 1 fully saturated rings. The third-order valence-corrected chi connectivity index (χ3v) is 4.77. The van der Waals surface area contributed by atoms with Crippen molar-refractivity contribution in [1.29, 1.82) is 0 Å². The van der Waals surface area contributed by atoms with Crippen LogP contribution in [0.5, 0.6) is 0 Å². The van der Waals surface area contributed by atoms with Crippen molar-refractivity contribution in [2.45, 2.75) is 32.7 Å². The van der Waals surface area contributed by atoms with E-state index >= 15 is 0 Å². The lowest BCUT2D eigenvalue weighted by Gasteiger charge is -2.38. The second kappa shape index (κ2) is 10.2. The van der Waals surface area contributed by atoms with Crippen molar-refractivity contribution in [3.63, 3.8) is 0 Å². The highest BCUT2D eigenvalue weighted by molar-refractivity contribution is 5.94. The molecule has 1 saturated heterocycles. The van der Waals surface area contributed by atoms with Crippen LogP contribution in [0.1, 0.15) is 37.2 Å². The molecule has 0 spiro atoms. The van der Waals surface area contributed by atoms with Gasteiger partial charge in [-0.2, -0.15) is 0 Å². The van der Waals surface area contributed by atoms with Crippen LogP contribution in [0.2, 0.25) is 0 Å². The molecule has 1 aliphatic rings. The Morgan fingerprint density at radius 3 is 2.52 bits per heavy atom. The highest BCUT2D eigenvalue weighted by Gasteiger charge is 2.27. The van der Waals surface area contributed by atoms with E-state index in [-0.39, 0.29) is 24.1 Å². The van der Waals surface area contributed by atoms with Crippen molar-refractivity contribution >= 4 is 11.8 Å². The Hall–Kier alpha value is -1.86. The van der Waals surface area contributed by atoms with E-state index in [9.17, 15) is 9.59 Å². The lowest BCUT2D eigenvalue weighted by Crippen LogP contribution is -2.52. The maximum Gasteiger partial charge on any atom is 0.287 e. The summed E-state index contributed by atoms with van der Waals surface area (Å²) in [7, 11) is 0. The van der Waals surface area contributed by atoms with Crippen molar-refractivity contribution in [1.82, 2.24) is 15.5 Å². The molecule has 2 rings (SSSR count). The Bertz CT molecular complexity index is 522. The minimum Gasteiger partial charge on any atom is -0.459 e. The smallest absolute Gasteiger partial charge is 0.287 e. The van der Waals surface area contributed by atoms with E-state index in [2.05, 4.69) is 29.4 Å². The third kappa shape index (κ3) is 5.86. The molecule has 7 heteroatoms. The van der Waals surface area contributed by atoms with Crippen molar-refractivity contribution in [2.24, 2.45) is 5.92 Å². The number of hydrogen-bond acceptors (Lipinski definition) is 5. The molecule has 1 aromatic heterocycles. The van der Waals surface area contributed by atoms with E-state index in [1.165, 1.54) is 6.26 Å². The van der Waals surface area contributed by atoms with E-state index in [0.29, 0.717) is 18.5 Å². The van der Waals surface area contributed by atoms with Crippen molar-refractivity contribution < 1.29 is 18.7 Å². The quantitative estimate of drug-likeness (QED) is 0.700. The average Bonchev–Trinajstić information content (AvgIpc) is 3.18. The molecule has 1 aromatic rings. The number of nitrogens with zero attached hydrogens (tertiary/aromatic N) is 1. The zero-order chi connectivity index (χ0) is 18.1. The van der Waals surface area contributed by atoms with E-state index in [1.807, 2.05) is 0 Å². The van der Waals surface area contributed by atoms with Crippen LogP contribution < -0.4 is 10.6 Å². The lowest BCUT2D eigenvalue weighted by molar-refractivity contribution is -0.120. The predicted octanol–water partition coefficient (Wildman–Crippen LogP) is 1.26. The fraction of sp³-hybridized carbons (Fsp3) is 0.667. The Balaban J connectivity index is 1.81. The second-order valence-electron chi connectivity index (χ2n) is 6.26. The molecule has 0 aliphatic carbocycles. The van der Waals surface area contributed by atoms with Gasteiger partial charge in [-0.15, -0.1) is 0 Å². The number of furan rings is 1. The van der Waals surface area contributed by atoms with Crippen LogP contribution in [-0.2, 0) is 9.53 Å². The lowest BCUT2D eigenvalue weighted by atomic mass is 9.92. The van der Waals surface area contributed by atoms with E-state index in [1.54, 1.807) is 12.1 Å². The van der Waals surface area contributed by atoms with Crippen LogP contribution in [0.4, 0.5) is 0 Å². The third-order valence-electron chi connectivity index (χ3n) is 4.77. The van der Waals surface area contributed by atoms with Gasteiger partial charge in [0.2, 0.25) is 5.91 Å². The van der Waals surface area contributed by atoms with Gasteiger partial charge in [-0.1, -0.05) is 26.7 Å². The van der Waals surface area contributed by atoms with Gasteiger partial charge in [-0.05, 0) is 18.1 Å². The molecule has 0 unspecified atom stereocenters. The first-order valence-corrected chi connectivity index (χ1v) is 9.05. The summed E-state index contributed by atoms with van der Waals surface area (Å²) in [5.74, 6) is 0.154. The highest BCUT2D eigenvalue weighted by Crippen LogP contribution is 2.19. The number of rotatable bonds is 9. The molecule has 1 atom stereocenters. The first kappa shape index (κ1) is 19.5. The van der Waals surface area contributed by atoms with Gasteiger partial charge in [-0.3, -0.25) is 14.5 Å². The molecule has 0 bridgehead atoms. The second-order valence-corrected chi connectivity index (χ2v) is 6.26. The summed E-state index contributed by atoms with van der Waals surface area (Å²) in [6.45, 7) is 8.17. The monoisotopic (exact) mass is 351 g/mol. The summed E-state index contributed by atoms with van der Waals surface area (Å²) in [6, 6.07) is 3.50. The number of nitrogens with one attached hydrogen (secondary N) is 2. The summed E-state index contributed by atoms with van der Waals surface area (Å²) in [6.07, 6.45) is 3.57. The summed E-state index contributed by atoms with van der Waals surface area (Å²) in [5, 5.41) is 5.53. The molecule has 25 heavy (non-hydrogen) atoms. The van der Waals surface area contributed by atoms with Crippen molar-refractivity contribution in [3.8, 4) is 0 Å². The standard InChI is InChI=1S/C18H29N3O4/c1-3-14(4-2)15(21-7-10-24-11-8-21)12-19-17(22)13-20-18(23)16-6-5-9-25-16/h5-6,9,14-15H,3-4,7-8,10-13H2,1-2H3,(H,19,22)(H,20,23)/t15-/m1/s1. The minimum absolute atomic E-state index is 0.0573.